The molecule has 0 fully saturated rings. The van der Waals surface area contributed by atoms with E-state index in [4.69, 9.17) is 5.26 Å². The third-order valence-electron chi connectivity index (χ3n) is 3.82. The van der Waals surface area contributed by atoms with Crippen LogP contribution < -0.4 is 5.32 Å². The molecular weight excluding hydrogens is 378 g/mol. The molecule has 0 spiro atoms. The van der Waals surface area contributed by atoms with Gasteiger partial charge in [0.2, 0.25) is 5.91 Å². The second kappa shape index (κ2) is 8.02. The van der Waals surface area contributed by atoms with E-state index < -0.39 is 21.5 Å². The summed E-state index contributed by atoms with van der Waals surface area (Å²) in [7, 11) is -3.66. The molecular formula is C19H17N5O3S. The minimum absolute atomic E-state index is 0.275. The number of aryl methyl sites for hydroxylation is 1. The minimum Gasteiger partial charge on any atom is -0.325 e. The van der Waals surface area contributed by atoms with Crippen molar-refractivity contribution in [1.29, 1.82) is 5.26 Å². The van der Waals surface area contributed by atoms with Crippen LogP contribution >= 0.6 is 0 Å². The molecule has 0 bridgehead atoms. The summed E-state index contributed by atoms with van der Waals surface area (Å²) < 4.78 is 24.6. The highest BCUT2D eigenvalue weighted by Gasteiger charge is 2.18. The molecule has 1 amide bonds. The maximum absolute atomic E-state index is 12.3. The van der Waals surface area contributed by atoms with Crippen LogP contribution in [0.4, 0.5) is 5.69 Å². The van der Waals surface area contributed by atoms with Crippen LogP contribution in [0.1, 0.15) is 17.0 Å². The second-order valence-electron chi connectivity index (χ2n) is 6.21. The SMILES string of the molecule is Cc1nc(-c2cccc(NC(=O)CS(=O)(=O)Cc3ccc(C#N)cc3)c2)n[nH]1. The molecule has 0 saturated carbocycles. The van der Waals surface area contributed by atoms with Crippen LogP contribution in [0.25, 0.3) is 11.4 Å². The zero-order valence-corrected chi connectivity index (χ0v) is 15.8. The summed E-state index contributed by atoms with van der Waals surface area (Å²) in [4.78, 5) is 16.4. The van der Waals surface area contributed by atoms with Gasteiger partial charge in [0.05, 0.1) is 17.4 Å². The second-order valence-corrected chi connectivity index (χ2v) is 8.28. The Labute approximate surface area is 162 Å². The van der Waals surface area contributed by atoms with E-state index in [1.807, 2.05) is 6.07 Å². The number of anilines is 1. The Hall–Kier alpha value is -3.51. The lowest BCUT2D eigenvalue weighted by Gasteiger charge is -2.08. The lowest BCUT2D eigenvalue weighted by atomic mass is 10.2. The fourth-order valence-electron chi connectivity index (χ4n) is 2.59. The molecule has 0 unspecified atom stereocenters. The van der Waals surface area contributed by atoms with Gasteiger partial charge in [0.1, 0.15) is 11.6 Å². The van der Waals surface area contributed by atoms with Crippen LogP contribution in [-0.2, 0) is 20.4 Å². The van der Waals surface area contributed by atoms with Crippen molar-refractivity contribution in [2.45, 2.75) is 12.7 Å². The number of amides is 1. The summed E-state index contributed by atoms with van der Waals surface area (Å²) in [5, 5.41) is 18.2. The number of nitriles is 1. The molecule has 0 aliphatic rings. The van der Waals surface area contributed by atoms with Gasteiger partial charge in [-0.2, -0.15) is 10.4 Å². The molecule has 9 heteroatoms. The van der Waals surface area contributed by atoms with E-state index in [1.54, 1.807) is 55.5 Å². The summed E-state index contributed by atoms with van der Waals surface area (Å²) in [5.41, 5.74) is 2.12. The van der Waals surface area contributed by atoms with Crippen LogP contribution in [0.5, 0.6) is 0 Å². The van der Waals surface area contributed by atoms with Gasteiger partial charge in [0, 0.05) is 11.3 Å². The molecule has 2 aromatic carbocycles. The molecule has 142 valence electrons. The maximum atomic E-state index is 12.3. The largest absolute Gasteiger partial charge is 0.325 e. The highest BCUT2D eigenvalue weighted by Crippen LogP contribution is 2.19. The zero-order valence-electron chi connectivity index (χ0n) is 15.0. The minimum atomic E-state index is -3.66. The van der Waals surface area contributed by atoms with Crippen LogP contribution in [0.3, 0.4) is 0 Å². The molecule has 0 aliphatic carbocycles. The van der Waals surface area contributed by atoms with Gasteiger partial charge in [-0.05, 0) is 36.8 Å². The molecule has 8 nitrogen and oxygen atoms in total. The molecule has 0 aliphatic heterocycles. The van der Waals surface area contributed by atoms with Gasteiger partial charge in [-0.3, -0.25) is 9.89 Å². The highest BCUT2D eigenvalue weighted by atomic mass is 32.2. The molecule has 28 heavy (non-hydrogen) atoms. The molecule has 1 heterocycles. The summed E-state index contributed by atoms with van der Waals surface area (Å²) in [5.74, 6) is -0.392. The Morgan fingerprint density at radius 1 is 1.21 bits per heavy atom. The van der Waals surface area contributed by atoms with Crippen LogP contribution in [0, 0.1) is 18.3 Å². The lowest BCUT2D eigenvalue weighted by molar-refractivity contribution is -0.113. The summed E-state index contributed by atoms with van der Waals surface area (Å²) in [6.07, 6.45) is 0. The Bertz CT molecular complexity index is 1140. The van der Waals surface area contributed by atoms with Gasteiger partial charge in [-0.1, -0.05) is 24.3 Å². The summed E-state index contributed by atoms with van der Waals surface area (Å²) >= 11 is 0. The summed E-state index contributed by atoms with van der Waals surface area (Å²) in [6.45, 7) is 1.78. The monoisotopic (exact) mass is 395 g/mol. The molecule has 2 N–H and O–H groups in total. The van der Waals surface area contributed by atoms with Gasteiger partial charge in [0.15, 0.2) is 15.7 Å². The number of H-pyrrole nitrogens is 1. The first-order valence-corrected chi connectivity index (χ1v) is 10.2. The number of nitrogens with one attached hydrogen (secondary N) is 2. The molecule has 3 rings (SSSR count). The third kappa shape index (κ3) is 5.02. The average molecular weight is 395 g/mol. The van der Waals surface area contributed by atoms with Crippen LogP contribution in [0.2, 0.25) is 0 Å². The normalized spacial score (nSPS) is 11.0. The van der Waals surface area contributed by atoms with Gasteiger partial charge >= 0.3 is 0 Å². The predicted molar refractivity (Wildman–Crippen MR) is 104 cm³/mol. The number of hydrogen-bond acceptors (Lipinski definition) is 6. The first kappa shape index (κ1) is 19.3. The number of carbonyl (C=O) groups is 1. The van der Waals surface area contributed by atoms with Crippen molar-refractivity contribution in [1.82, 2.24) is 15.2 Å². The highest BCUT2D eigenvalue weighted by molar-refractivity contribution is 7.91. The summed E-state index contributed by atoms with van der Waals surface area (Å²) in [6, 6.07) is 15.0. The molecule has 0 radical (unpaired) electrons. The quantitative estimate of drug-likeness (QED) is 0.658. The molecule has 0 atom stereocenters. The standard InChI is InChI=1S/C19H17N5O3S/c1-13-21-19(24-23-13)16-3-2-4-17(9-16)22-18(25)12-28(26,27)11-15-7-5-14(10-20)6-8-15/h2-9H,11-12H2,1H3,(H,22,25)(H,21,23,24). The Kier molecular flexibility index (Phi) is 5.52. The van der Waals surface area contributed by atoms with Crippen molar-refractivity contribution in [2.75, 3.05) is 11.1 Å². The van der Waals surface area contributed by atoms with E-state index in [9.17, 15) is 13.2 Å². The third-order valence-corrected chi connectivity index (χ3v) is 5.30. The molecule has 1 aromatic heterocycles. The number of sulfone groups is 1. The first-order chi connectivity index (χ1) is 13.3. The fourth-order valence-corrected chi connectivity index (χ4v) is 3.86. The van der Waals surface area contributed by atoms with Crippen molar-refractivity contribution < 1.29 is 13.2 Å². The van der Waals surface area contributed by atoms with Crippen molar-refractivity contribution in [3.63, 3.8) is 0 Å². The van der Waals surface area contributed by atoms with Crippen molar-refractivity contribution in [3.05, 3.63) is 65.5 Å². The number of rotatable bonds is 6. The number of carbonyl (C=O) groups excluding carboxylic acids is 1. The Morgan fingerprint density at radius 3 is 2.61 bits per heavy atom. The number of aromatic nitrogens is 3. The predicted octanol–water partition coefficient (Wildman–Crippen LogP) is 2.21. The smallest absolute Gasteiger partial charge is 0.239 e. The Balaban J connectivity index is 1.65. The van der Waals surface area contributed by atoms with E-state index in [0.29, 0.717) is 34.0 Å². The fraction of sp³-hybridized carbons (Fsp3) is 0.158. The van der Waals surface area contributed by atoms with E-state index in [1.165, 1.54) is 0 Å². The van der Waals surface area contributed by atoms with Crippen molar-refractivity contribution in [2.24, 2.45) is 0 Å². The van der Waals surface area contributed by atoms with Gasteiger partial charge in [-0.25, -0.2) is 13.4 Å². The topological polar surface area (TPSA) is 129 Å². The number of aromatic amines is 1. The Morgan fingerprint density at radius 2 is 1.96 bits per heavy atom. The van der Waals surface area contributed by atoms with E-state index >= 15 is 0 Å². The number of benzene rings is 2. The van der Waals surface area contributed by atoms with Crippen LogP contribution in [0.15, 0.2) is 48.5 Å². The van der Waals surface area contributed by atoms with Gasteiger partial charge in [0.25, 0.3) is 0 Å². The van der Waals surface area contributed by atoms with Crippen LogP contribution in [-0.4, -0.2) is 35.3 Å². The average Bonchev–Trinajstić information content (AvgIpc) is 3.08. The number of nitrogens with zero attached hydrogens (tertiary/aromatic N) is 3. The van der Waals surface area contributed by atoms with Gasteiger partial charge < -0.3 is 5.32 Å². The van der Waals surface area contributed by atoms with E-state index in [-0.39, 0.29) is 5.75 Å². The van der Waals surface area contributed by atoms with E-state index in [0.717, 1.165) is 0 Å². The van der Waals surface area contributed by atoms with Crippen molar-refractivity contribution >= 4 is 21.4 Å². The van der Waals surface area contributed by atoms with Gasteiger partial charge in [-0.15, -0.1) is 0 Å². The number of hydrogen-bond donors (Lipinski definition) is 2. The zero-order chi connectivity index (χ0) is 20.1. The maximum Gasteiger partial charge on any atom is 0.239 e. The van der Waals surface area contributed by atoms with Crippen molar-refractivity contribution in [3.8, 4) is 17.5 Å². The molecule has 3 aromatic rings. The lowest BCUT2D eigenvalue weighted by Crippen LogP contribution is -2.24. The first-order valence-electron chi connectivity index (χ1n) is 8.33. The molecule has 0 saturated heterocycles. The van der Waals surface area contributed by atoms with E-state index in [2.05, 4.69) is 20.5 Å².